The molecule has 2 aromatic carbocycles. The number of carbonyl (C=O) groups excluding carboxylic acids is 1. The molecule has 1 nitrogen and oxygen atoms in total. The molecule has 19 heavy (non-hydrogen) atoms. The van der Waals surface area contributed by atoms with E-state index in [1.54, 1.807) is 0 Å². The Balaban J connectivity index is 2.02. The molecule has 0 saturated carbocycles. The van der Waals surface area contributed by atoms with Gasteiger partial charge in [-0.15, -0.1) is 0 Å². The van der Waals surface area contributed by atoms with E-state index < -0.39 is 0 Å². The number of ketones is 1. The van der Waals surface area contributed by atoms with Crippen molar-refractivity contribution in [1.82, 2.24) is 0 Å². The fourth-order valence-electron chi connectivity index (χ4n) is 2.15. The van der Waals surface area contributed by atoms with Gasteiger partial charge >= 0.3 is 0 Å². The zero-order valence-corrected chi connectivity index (χ0v) is 12.8. The molecule has 0 aliphatic rings. The minimum absolute atomic E-state index is 0.201. The topological polar surface area (TPSA) is 17.1 Å². The minimum atomic E-state index is 0.201. The Kier molecular flexibility index (Phi) is 4.54. The van der Waals surface area contributed by atoms with E-state index in [2.05, 4.69) is 48.0 Å². The van der Waals surface area contributed by atoms with E-state index in [0.717, 1.165) is 16.5 Å². The van der Waals surface area contributed by atoms with Crippen LogP contribution in [-0.4, -0.2) is 5.78 Å². The van der Waals surface area contributed by atoms with Gasteiger partial charge in [-0.3, -0.25) is 4.79 Å². The second-order valence-electron chi connectivity index (χ2n) is 4.86. The van der Waals surface area contributed by atoms with Gasteiger partial charge in [0.1, 0.15) is 0 Å². The minimum Gasteiger partial charge on any atom is -0.294 e. The molecule has 0 fully saturated rings. The van der Waals surface area contributed by atoms with Gasteiger partial charge in [-0.2, -0.15) is 0 Å². The average molecular weight is 317 g/mol. The van der Waals surface area contributed by atoms with Crippen molar-refractivity contribution in [2.45, 2.75) is 26.7 Å². The molecule has 2 rings (SSSR count). The van der Waals surface area contributed by atoms with E-state index in [4.69, 9.17) is 0 Å². The Hall–Kier alpha value is -1.41. The maximum Gasteiger partial charge on any atom is 0.163 e. The van der Waals surface area contributed by atoms with Crippen molar-refractivity contribution >= 4 is 21.7 Å². The molecular formula is C17H17BrO. The van der Waals surface area contributed by atoms with Crippen LogP contribution in [0.15, 0.2) is 46.9 Å². The fraction of sp³-hybridized carbons (Fsp3) is 0.235. The first-order valence-electron chi connectivity index (χ1n) is 6.41. The lowest BCUT2D eigenvalue weighted by Crippen LogP contribution is -2.02. The second-order valence-corrected chi connectivity index (χ2v) is 5.78. The first-order chi connectivity index (χ1) is 9.06. The third-order valence-electron chi connectivity index (χ3n) is 3.29. The molecule has 2 aromatic rings. The molecule has 0 amide bonds. The number of halogens is 1. The SMILES string of the molecule is Cc1ccc(CCC(=O)c2ccc(Br)cc2)c(C)c1. The zero-order chi connectivity index (χ0) is 13.8. The van der Waals surface area contributed by atoms with E-state index in [9.17, 15) is 4.79 Å². The first-order valence-corrected chi connectivity index (χ1v) is 7.20. The molecule has 2 heteroatoms. The highest BCUT2D eigenvalue weighted by atomic mass is 79.9. The van der Waals surface area contributed by atoms with Crippen molar-refractivity contribution in [3.63, 3.8) is 0 Å². The third kappa shape index (κ3) is 3.77. The van der Waals surface area contributed by atoms with Gasteiger partial charge in [0.15, 0.2) is 5.78 Å². The number of Topliss-reactive ketones (excluding diaryl/α,β-unsaturated/α-hetero) is 1. The van der Waals surface area contributed by atoms with Crippen molar-refractivity contribution < 1.29 is 4.79 Å². The highest BCUT2D eigenvalue weighted by Crippen LogP contribution is 2.16. The molecule has 0 aliphatic carbocycles. The van der Waals surface area contributed by atoms with Crippen LogP contribution in [0.25, 0.3) is 0 Å². The Morgan fingerprint density at radius 2 is 1.74 bits per heavy atom. The lowest BCUT2D eigenvalue weighted by Gasteiger charge is -2.06. The summed E-state index contributed by atoms with van der Waals surface area (Å²) < 4.78 is 0.999. The normalized spacial score (nSPS) is 10.5. The van der Waals surface area contributed by atoms with Crippen LogP contribution >= 0.6 is 15.9 Å². The van der Waals surface area contributed by atoms with Gasteiger partial charge in [0, 0.05) is 16.5 Å². The smallest absolute Gasteiger partial charge is 0.163 e. The predicted octanol–water partition coefficient (Wildman–Crippen LogP) is 4.88. The second kappa shape index (κ2) is 6.16. The summed E-state index contributed by atoms with van der Waals surface area (Å²) >= 11 is 3.38. The molecule has 0 atom stereocenters. The van der Waals surface area contributed by atoms with Crippen LogP contribution in [0.3, 0.4) is 0 Å². The lowest BCUT2D eigenvalue weighted by atomic mass is 9.98. The fourth-order valence-corrected chi connectivity index (χ4v) is 2.42. The molecule has 0 aliphatic heterocycles. The molecule has 0 spiro atoms. The van der Waals surface area contributed by atoms with Crippen molar-refractivity contribution in [2.24, 2.45) is 0 Å². The predicted molar refractivity (Wildman–Crippen MR) is 82.7 cm³/mol. The van der Waals surface area contributed by atoms with Crippen LogP contribution in [0.1, 0.15) is 33.5 Å². The molecule has 0 saturated heterocycles. The van der Waals surface area contributed by atoms with Crippen LogP contribution in [0.4, 0.5) is 0 Å². The van der Waals surface area contributed by atoms with E-state index >= 15 is 0 Å². The molecule has 0 aromatic heterocycles. The van der Waals surface area contributed by atoms with Crippen molar-refractivity contribution in [2.75, 3.05) is 0 Å². The summed E-state index contributed by atoms with van der Waals surface area (Å²) in [6, 6.07) is 13.9. The number of hydrogen-bond donors (Lipinski definition) is 0. The third-order valence-corrected chi connectivity index (χ3v) is 3.81. The van der Waals surface area contributed by atoms with Gasteiger partial charge in [-0.1, -0.05) is 51.8 Å². The van der Waals surface area contributed by atoms with Gasteiger partial charge in [0.2, 0.25) is 0 Å². The maximum absolute atomic E-state index is 12.1. The number of rotatable bonds is 4. The number of aryl methyl sites for hydroxylation is 3. The van der Waals surface area contributed by atoms with Crippen LogP contribution in [-0.2, 0) is 6.42 Å². The highest BCUT2D eigenvalue weighted by Gasteiger charge is 2.07. The Morgan fingerprint density at radius 3 is 2.37 bits per heavy atom. The van der Waals surface area contributed by atoms with E-state index in [1.807, 2.05) is 24.3 Å². The summed E-state index contributed by atoms with van der Waals surface area (Å²) in [5, 5.41) is 0. The van der Waals surface area contributed by atoms with Gasteiger partial charge < -0.3 is 0 Å². The summed E-state index contributed by atoms with van der Waals surface area (Å²) in [7, 11) is 0. The molecular weight excluding hydrogens is 300 g/mol. The van der Waals surface area contributed by atoms with E-state index in [0.29, 0.717) is 6.42 Å². The van der Waals surface area contributed by atoms with Crippen molar-refractivity contribution in [3.8, 4) is 0 Å². The average Bonchev–Trinajstić information content (AvgIpc) is 2.38. The van der Waals surface area contributed by atoms with Gasteiger partial charge in [0.25, 0.3) is 0 Å². The summed E-state index contributed by atoms with van der Waals surface area (Å²) in [5.41, 5.74) is 4.58. The number of benzene rings is 2. The highest BCUT2D eigenvalue weighted by molar-refractivity contribution is 9.10. The van der Waals surface area contributed by atoms with Crippen LogP contribution < -0.4 is 0 Å². The first kappa shape index (κ1) is 14.0. The standard InChI is InChI=1S/C17H17BrO/c1-12-3-4-14(13(2)11-12)7-10-17(19)15-5-8-16(18)9-6-15/h3-6,8-9,11H,7,10H2,1-2H3. The molecule has 0 heterocycles. The van der Waals surface area contributed by atoms with Crippen LogP contribution in [0, 0.1) is 13.8 Å². The summed E-state index contributed by atoms with van der Waals surface area (Å²) in [5.74, 6) is 0.201. The largest absolute Gasteiger partial charge is 0.294 e. The van der Waals surface area contributed by atoms with Crippen LogP contribution in [0.2, 0.25) is 0 Å². The summed E-state index contributed by atoms with van der Waals surface area (Å²) in [6.07, 6.45) is 1.37. The molecule has 0 unspecified atom stereocenters. The molecule has 0 bridgehead atoms. The van der Waals surface area contributed by atoms with Gasteiger partial charge in [-0.05, 0) is 43.5 Å². The van der Waals surface area contributed by atoms with Crippen molar-refractivity contribution in [3.05, 3.63) is 69.2 Å². The van der Waals surface area contributed by atoms with E-state index in [1.165, 1.54) is 16.7 Å². The monoisotopic (exact) mass is 316 g/mol. The van der Waals surface area contributed by atoms with E-state index in [-0.39, 0.29) is 5.78 Å². The van der Waals surface area contributed by atoms with Crippen LogP contribution in [0.5, 0.6) is 0 Å². The maximum atomic E-state index is 12.1. The lowest BCUT2D eigenvalue weighted by molar-refractivity contribution is 0.0983. The number of hydrogen-bond acceptors (Lipinski definition) is 1. The molecule has 98 valence electrons. The Morgan fingerprint density at radius 1 is 1.05 bits per heavy atom. The Bertz CT molecular complexity index is 585. The van der Waals surface area contributed by atoms with Crippen molar-refractivity contribution in [1.29, 1.82) is 0 Å². The number of carbonyl (C=O) groups is 1. The quantitative estimate of drug-likeness (QED) is 0.734. The van der Waals surface area contributed by atoms with Gasteiger partial charge in [0.05, 0.1) is 0 Å². The molecule has 0 N–H and O–H groups in total. The summed E-state index contributed by atoms with van der Waals surface area (Å²) in [4.78, 5) is 12.1. The zero-order valence-electron chi connectivity index (χ0n) is 11.2. The van der Waals surface area contributed by atoms with Gasteiger partial charge in [-0.25, -0.2) is 0 Å². The molecule has 0 radical (unpaired) electrons. The summed E-state index contributed by atoms with van der Waals surface area (Å²) in [6.45, 7) is 4.19. The Labute approximate surface area is 122 Å².